The number of aromatic nitrogens is 1. The maximum Gasteiger partial charge on any atom is 0.236 e. The summed E-state index contributed by atoms with van der Waals surface area (Å²) < 4.78 is 4.87. The first-order chi connectivity index (χ1) is 8.63. The molecule has 5 heteroatoms. The second-order valence-corrected chi connectivity index (χ2v) is 4.19. The van der Waals surface area contributed by atoms with Crippen molar-refractivity contribution < 1.29 is 9.53 Å². The quantitative estimate of drug-likeness (QED) is 0.698. The maximum absolute atomic E-state index is 11.6. The number of aryl methyl sites for hydroxylation is 1. The number of amides is 1. The van der Waals surface area contributed by atoms with Gasteiger partial charge in [-0.2, -0.15) is 0 Å². The zero-order valence-electron chi connectivity index (χ0n) is 11.2. The molecule has 0 bridgehead atoms. The normalized spacial score (nSPS) is 12.2. The second kappa shape index (κ2) is 7.79. The molecular formula is C13H21N3O2. The molecule has 1 rings (SSSR count). The molecule has 1 aromatic rings. The fraction of sp³-hybridized carbons (Fsp3) is 0.538. The molecule has 0 radical (unpaired) electrons. The first-order valence-corrected chi connectivity index (χ1v) is 6.05. The van der Waals surface area contributed by atoms with Gasteiger partial charge in [0.2, 0.25) is 5.91 Å². The van der Waals surface area contributed by atoms with Crippen molar-refractivity contribution in [3.63, 3.8) is 0 Å². The van der Waals surface area contributed by atoms with Crippen molar-refractivity contribution in [3.05, 3.63) is 29.6 Å². The van der Waals surface area contributed by atoms with Gasteiger partial charge in [0, 0.05) is 32.1 Å². The monoisotopic (exact) mass is 251 g/mol. The number of pyridine rings is 1. The van der Waals surface area contributed by atoms with Gasteiger partial charge in [-0.15, -0.1) is 0 Å². The van der Waals surface area contributed by atoms with Crippen molar-refractivity contribution in [2.45, 2.75) is 26.4 Å². The van der Waals surface area contributed by atoms with E-state index in [1.165, 1.54) is 0 Å². The van der Waals surface area contributed by atoms with Gasteiger partial charge in [0.25, 0.3) is 0 Å². The average Bonchev–Trinajstić information content (AvgIpc) is 2.38. The lowest BCUT2D eigenvalue weighted by molar-refractivity contribution is -0.122. The van der Waals surface area contributed by atoms with E-state index in [1.807, 2.05) is 32.2 Å². The van der Waals surface area contributed by atoms with Crippen molar-refractivity contribution >= 4 is 5.91 Å². The fourth-order valence-corrected chi connectivity index (χ4v) is 1.40. The Kier molecular flexibility index (Phi) is 6.32. The molecule has 0 aliphatic carbocycles. The van der Waals surface area contributed by atoms with E-state index in [4.69, 9.17) is 4.74 Å². The number of nitrogens with one attached hydrogen (secondary N) is 2. The Hall–Kier alpha value is -1.46. The van der Waals surface area contributed by atoms with Crippen LogP contribution in [-0.4, -0.2) is 37.2 Å². The highest BCUT2D eigenvalue weighted by molar-refractivity contribution is 5.81. The topological polar surface area (TPSA) is 63.2 Å². The molecule has 2 N–H and O–H groups in total. The second-order valence-electron chi connectivity index (χ2n) is 4.19. The highest BCUT2D eigenvalue weighted by Crippen LogP contribution is 1.99. The van der Waals surface area contributed by atoms with Crippen LogP contribution in [0.1, 0.15) is 18.2 Å². The van der Waals surface area contributed by atoms with Crippen LogP contribution in [0.3, 0.4) is 0 Å². The zero-order chi connectivity index (χ0) is 13.4. The third kappa shape index (κ3) is 5.25. The molecule has 18 heavy (non-hydrogen) atoms. The molecule has 1 amide bonds. The van der Waals surface area contributed by atoms with Gasteiger partial charge in [-0.05, 0) is 25.5 Å². The van der Waals surface area contributed by atoms with E-state index in [1.54, 1.807) is 7.11 Å². The van der Waals surface area contributed by atoms with Gasteiger partial charge in [0.15, 0.2) is 0 Å². The van der Waals surface area contributed by atoms with E-state index >= 15 is 0 Å². The molecule has 1 atom stereocenters. The Morgan fingerprint density at radius 3 is 2.89 bits per heavy atom. The summed E-state index contributed by atoms with van der Waals surface area (Å²) in [4.78, 5) is 15.9. The summed E-state index contributed by atoms with van der Waals surface area (Å²) in [5.41, 5.74) is 2.06. The Balaban J connectivity index is 2.29. The molecule has 1 unspecified atom stereocenters. The van der Waals surface area contributed by atoms with Crippen molar-refractivity contribution in [2.24, 2.45) is 0 Å². The van der Waals surface area contributed by atoms with E-state index in [2.05, 4.69) is 15.6 Å². The van der Waals surface area contributed by atoms with Gasteiger partial charge >= 0.3 is 0 Å². The summed E-state index contributed by atoms with van der Waals surface area (Å²) in [6.45, 7) is 5.48. The lowest BCUT2D eigenvalue weighted by Gasteiger charge is -2.13. The van der Waals surface area contributed by atoms with Crippen LogP contribution < -0.4 is 10.6 Å². The van der Waals surface area contributed by atoms with Crippen molar-refractivity contribution in [1.82, 2.24) is 15.6 Å². The fourth-order valence-electron chi connectivity index (χ4n) is 1.40. The number of hydrogen-bond donors (Lipinski definition) is 2. The van der Waals surface area contributed by atoms with Crippen LogP contribution in [0.15, 0.2) is 18.3 Å². The van der Waals surface area contributed by atoms with Gasteiger partial charge in [0.05, 0.1) is 12.6 Å². The van der Waals surface area contributed by atoms with Crippen LogP contribution in [0.2, 0.25) is 0 Å². The molecule has 0 saturated carbocycles. The molecule has 0 aliphatic heterocycles. The Labute approximate surface area is 108 Å². The number of hydrogen-bond acceptors (Lipinski definition) is 4. The van der Waals surface area contributed by atoms with Crippen LogP contribution in [0.5, 0.6) is 0 Å². The number of methoxy groups -OCH3 is 1. The molecule has 0 aromatic carbocycles. The molecule has 5 nitrogen and oxygen atoms in total. The van der Waals surface area contributed by atoms with Gasteiger partial charge in [-0.25, -0.2) is 0 Å². The summed E-state index contributed by atoms with van der Waals surface area (Å²) in [6.07, 6.45) is 1.82. The lowest BCUT2D eigenvalue weighted by Crippen LogP contribution is -2.42. The van der Waals surface area contributed by atoms with Gasteiger partial charge in [-0.1, -0.05) is 6.07 Å². The molecule has 0 fully saturated rings. The summed E-state index contributed by atoms with van der Waals surface area (Å²) in [5, 5.41) is 5.94. The van der Waals surface area contributed by atoms with Crippen molar-refractivity contribution in [1.29, 1.82) is 0 Å². The lowest BCUT2D eigenvalue weighted by atomic mass is 10.2. The van der Waals surface area contributed by atoms with Crippen LogP contribution in [0, 0.1) is 6.92 Å². The molecule has 100 valence electrons. The van der Waals surface area contributed by atoms with E-state index in [9.17, 15) is 4.79 Å². The van der Waals surface area contributed by atoms with Gasteiger partial charge in [-0.3, -0.25) is 9.78 Å². The summed E-state index contributed by atoms with van der Waals surface area (Å²) >= 11 is 0. The number of ether oxygens (including phenoxy) is 1. The van der Waals surface area contributed by atoms with E-state index in [-0.39, 0.29) is 11.9 Å². The van der Waals surface area contributed by atoms with Crippen molar-refractivity contribution in [3.8, 4) is 0 Å². The molecule has 0 saturated heterocycles. The molecule has 1 aromatic heterocycles. The minimum absolute atomic E-state index is 0.0212. The van der Waals surface area contributed by atoms with Crippen LogP contribution >= 0.6 is 0 Å². The van der Waals surface area contributed by atoms with Crippen molar-refractivity contribution in [2.75, 3.05) is 20.3 Å². The van der Waals surface area contributed by atoms with Crippen LogP contribution in [-0.2, 0) is 16.1 Å². The number of carbonyl (C=O) groups excluding carboxylic acids is 1. The SMILES string of the molecule is COCCNC(=O)C(C)NCc1ccc(C)nc1. The molecule has 0 spiro atoms. The number of carbonyl (C=O) groups is 1. The summed E-state index contributed by atoms with van der Waals surface area (Å²) in [6, 6.07) is 3.73. The first kappa shape index (κ1) is 14.6. The molecular weight excluding hydrogens is 230 g/mol. The predicted octanol–water partition coefficient (Wildman–Crippen LogP) is 0.631. The first-order valence-electron chi connectivity index (χ1n) is 6.05. The Bertz CT molecular complexity index is 365. The van der Waals surface area contributed by atoms with Crippen LogP contribution in [0.4, 0.5) is 0 Å². The molecule has 0 aliphatic rings. The smallest absolute Gasteiger partial charge is 0.236 e. The summed E-state index contributed by atoms with van der Waals surface area (Å²) in [7, 11) is 1.61. The standard InChI is InChI=1S/C13H21N3O2/c1-10-4-5-12(8-15-10)9-16-11(2)13(17)14-6-7-18-3/h4-5,8,11,16H,6-7,9H2,1-3H3,(H,14,17). The predicted molar refractivity (Wildman–Crippen MR) is 70.2 cm³/mol. The average molecular weight is 251 g/mol. The highest BCUT2D eigenvalue weighted by atomic mass is 16.5. The summed E-state index contributed by atoms with van der Waals surface area (Å²) in [5.74, 6) is -0.0212. The number of rotatable bonds is 7. The Morgan fingerprint density at radius 1 is 1.50 bits per heavy atom. The highest BCUT2D eigenvalue weighted by Gasteiger charge is 2.10. The minimum atomic E-state index is -0.233. The maximum atomic E-state index is 11.6. The van der Waals surface area contributed by atoms with Gasteiger partial charge in [0.1, 0.15) is 0 Å². The third-order valence-corrected chi connectivity index (χ3v) is 2.58. The van der Waals surface area contributed by atoms with Crippen LogP contribution in [0.25, 0.3) is 0 Å². The Morgan fingerprint density at radius 2 is 2.28 bits per heavy atom. The van der Waals surface area contributed by atoms with Gasteiger partial charge < -0.3 is 15.4 Å². The largest absolute Gasteiger partial charge is 0.383 e. The third-order valence-electron chi connectivity index (χ3n) is 2.58. The molecule has 1 heterocycles. The van der Waals surface area contributed by atoms with E-state index < -0.39 is 0 Å². The number of nitrogens with zero attached hydrogens (tertiary/aromatic N) is 1. The zero-order valence-corrected chi connectivity index (χ0v) is 11.2. The van der Waals surface area contributed by atoms with E-state index in [0.29, 0.717) is 19.7 Å². The minimum Gasteiger partial charge on any atom is -0.383 e. The van der Waals surface area contributed by atoms with E-state index in [0.717, 1.165) is 11.3 Å².